The number of allylic oxidation sites excluding steroid dienone is 1. The Labute approximate surface area is 157 Å². The first-order valence-corrected chi connectivity index (χ1v) is 9.09. The zero-order valence-electron chi connectivity index (χ0n) is 14.9. The number of rotatable bonds is 4. The number of hydrogen-bond acceptors (Lipinski definition) is 4. The highest BCUT2D eigenvalue weighted by molar-refractivity contribution is 6.03. The van der Waals surface area contributed by atoms with Gasteiger partial charge in [-0.3, -0.25) is 4.79 Å². The van der Waals surface area contributed by atoms with E-state index in [-0.39, 0.29) is 11.6 Å². The summed E-state index contributed by atoms with van der Waals surface area (Å²) >= 11 is 0. The maximum Gasteiger partial charge on any atom is 0.271 e. The summed E-state index contributed by atoms with van der Waals surface area (Å²) in [6.07, 6.45) is 7.32. The van der Waals surface area contributed by atoms with Crippen LogP contribution in [0.25, 0.3) is 22.2 Å². The van der Waals surface area contributed by atoms with Crippen LogP contribution in [0.2, 0.25) is 0 Å². The van der Waals surface area contributed by atoms with Crippen LogP contribution < -0.4 is 11.1 Å². The number of carbonyl (C=O) groups is 1. The summed E-state index contributed by atoms with van der Waals surface area (Å²) in [6.45, 7) is 1.45. The summed E-state index contributed by atoms with van der Waals surface area (Å²) in [5, 5.41) is 3.93. The number of nitrogens with two attached hydrogens (primary N) is 1. The quantitative estimate of drug-likeness (QED) is 0.620. The highest BCUT2D eigenvalue weighted by Gasteiger charge is 2.14. The first kappa shape index (κ1) is 17.3. The lowest BCUT2D eigenvalue weighted by atomic mass is 9.99. The Morgan fingerprint density at radius 3 is 2.74 bits per heavy atom. The van der Waals surface area contributed by atoms with Crippen LogP contribution in [0.4, 0.5) is 5.69 Å². The third-order valence-electron chi connectivity index (χ3n) is 4.86. The van der Waals surface area contributed by atoms with E-state index in [0.717, 1.165) is 48.2 Å². The number of ether oxygens (including phenoxy) is 1. The standard InChI is InChI=1S/C21H22N4O2/c22-19(13-14-7-11-27-12-8-14)21(26)25-16-3-1-15(2-4-16)17-5-9-23-20-18(17)6-10-24-20/h1-6,9-10,13-14H,7-8,11-12,22H2,(H,23,24)(H,25,26). The van der Waals surface area contributed by atoms with Gasteiger partial charge in [0.2, 0.25) is 0 Å². The first-order valence-electron chi connectivity index (χ1n) is 9.09. The number of nitrogens with one attached hydrogen (secondary N) is 2. The summed E-state index contributed by atoms with van der Waals surface area (Å²) in [6, 6.07) is 11.7. The highest BCUT2D eigenvalue weighted by Crippen LogP contribution is 2.28. The Morgan fingerprint density at radius 1 is 1.19 bits per heavy atom. The predicted octanol–water partition coefficient (Wildman–Crippen LogP) is 3.44. The van der Waals surface area contributed by atoms with Crippen LogP contribution in [-0.4, -0.2) is 29.1 Å². The van der Waals surface area contributed by atoms with Crippen molar-refractivity contribution < 1.29 is 9.53 Å². The van der Waals surface area contributed by atoms with Gasteiger partial charge >= 0.3 is 0 Å². The Hall–Kier alpha value is -3.12. The number of aromatic amines is 1. The lowest BCUT2D eigenvalue weighted by Gasteiger charge is -2.19. The minimum atomic E-state index is -0.272. The molecule has 138 valence electrons. The van der Waals surface area contributed by atoms with Gasteiger partial charge in [-0.15, -0.1) is 0 Å². The van der Waals surface area contributed by atoms with Gasteiger partial charge in [-0.2, -0.15) is 0 Å². The van der Waals surface area contributed by atoms with E-state index >= 15 is 0 Å². The molecule has 6 nitrogen and oxygen atoms in total. The van der Waals surface area contributed by atoms with Crippen molar-refractivity contribution in [2.24, 2.45) is 11.7 Å². The Bertz CT molecular complexity index is 969. The van der Waals surface area contributed by atoms with Gasteiger partial charge in [-0.05, 0) is 54.2 Å². The van der Waals surface area contributed by atoms with Crippen LogP contribution in [0.1, 0.15) is 12.8 Å². The predicted molar refractivity (Wildman–Crippen MR) is 106 cm³/mol. The number of fused-ring (bicyclic) bond motifs is 1. The minimum Gasteiger partial charge on any atom is -0.395 e. The molecular formula is C21H22N4O2. The number of anilines is 1. The molecular weight excluding hydrogens is 340 g/mol. The average molecular weight is 362 g/mol. The number of aromatic nitrogens is 2. The molecule has 1 amide bonds. The van der Waals surface area contributed by atoms with Gasteiger partial charge < -0.3 is 20.8 Å². The maximum absolute atomic E-state index is 12.3. The van der Waals surface area contributed by atoms with E-state index in [1.807, 2.05) is 48.7 Å². The van der Waals surface area contributed by atoms with Gasteiger partial charge in [0, 0.05) is 36.7 Å². The summed E-state index contributed by atoms with van der Waals surface area (Å²) in [4.78, 5) is 19.8. The fourth-order valence-corrected chi connectivity index (χ4v) is 3.36. The molecule has 0 aliphatic carbocycles. The lowest BCUT2D eigenvalue weighted by Crippen LogP contribution is -2.22. The molecule has 0 bridgehead atoms. The Kier molecular flexibility index (Phi) is 4.89. The second kappa shape index (κ2) is 7.63. The van der Waals surface area contributed by atoms with Crippen molar-refractivity contribution in [1.29, 1.82) is 0 Å². The van der Waals surface area contributed by atoms with Crippen LogP contribution >= 0.6 is 0 Å². The van der Waals surface area contributed by atoms with E-state index in [9.17, 15) is 4.79 Å². The molecule has 0 spiro atoms. The molecule has 1 aliphatic rings. The monoisotopic (exact) mass is 362 g/mol. The van der Waals surface area contributed by atoms with E-state index in [1.54, 1.807) is 6.20 Å². The number of benzene rings is 1. The van der Waals surface area contributed by atoms with Gasteiger partial charge in [0.1, 0.15) is 5.65 Å². The number of nitrogens with zero attached hydrogens (tertiary/aromatic N) is 1. The Balaban J connectivity index is 1.47. The second-order valence-electron chi connectivity index (χ2n) is 6.70. The van der Waals surface area contributed by atoms with Crippen LogP contribution in [0.15, 0.2) is 60.6 Å². The summed E-state index contributed by atoms with van der Waals surface area (Å²) in [5.74, 6) is 0.0357. The molecule has 1 fully saturated rings. The number of carbonyl (C=O) groups excluding carboxylic acids is 1. The van der Waals surface area contributed by atoms with Crippen LogP contribution in [0.3, 0.4) is 0 Å². The van der Waals surface area contributed by atoms with E-state index in [4.69, 9.17) is 10.5 Å². The molecule has 1 aliphatic heterocycles. The van der Waals surface area contributed by atoms with Crippen molar-refractivity contribution in [1.82, 2.24) is 9.97 Å². The number of amides is 1. The van der Waals surface area contributed by atoms with Gasteiger partial charge in [0.05, 0.1) is 5.70 Å². The molecule has 0 radical (unpaired) electrons. The van der Waals surface area contributed by atoms with Crippen molar-refractivity contribution in [2.75, 3.05) is 18.5 Å². The van der Waals surface area contributed by atoms with Crippen molar-refractivity contribution in [3.63, 3.8) is 0 Å². The van der Waals surface area contributed by atoms with Gasteiger partial charge in [0.15, 0.2) is 0 Å². The zero-order valence-corrected chi connectivity index (χ0v) is 14.9. The summed E-state index contributed by atoms with van der Waals surface area (Å²) < 4.78 is 5.33. The minimum absolute atomic E-state index is 0.258. The van der Waals surface area contributed by atoms with E-state index < -0.39 is 0 Å². The molecule has 2 aromatic heterocycles. The zero-order chi connectivity index (χ0) is 18.6. The smallest absolute Gasteiger partial charge is 0.271 e. The number of hydrogen-bond donors (Lipinski definition) is 3. The SMILES string of the molecule is NC(=CC1CCOCC1)C(=O)Nc1ccc(-c2ccnc3[nH]ccc23)cc1. The molecule has 1 aromatic carbocycles. The molecule has 27 heavy (non-hydrogen) atoms. The Morgan fingerprint density at radius 2 is 1.96 bits per heavy atom. The van der Waals surface area contributed by atoms with Crippen molar-refractivity contribution in [2.45, 2.75) is 12.8 Å². The largest absolute Gasteiger partial charge is 0.395 e. The molecule has 3 aromatic rings. The van der Waals surface area contributed by atoms with Gasteiger partial charge in [-0.25, -0.2) is 4.98 Å². The lowest BCUT2D eigenvalue weighted by molar-refractivity contribution is -0.113. The van der Waals surface area contributed by atoms with Gasteiger partial charge in [-0.1, -0.05) is 18.2 Å². The molecule has 0 saturated carbocycles. The van der Waals surface area contributed by atoms with Crippen LogP contribution in [-0.2, 0) is 9.53 Å². The number of pyridine rings is 1. The maximum atomic E-state index is 12.3. The third-order valence-corrected chi connectivity index (χ3v) is 4.86. The molecule has 6 heteroatoms. The van der Waals surface area contributed by atoms with Crippen molar-refractivity contribution in [3.8, 4) is 11.1 Å². The fraction of sp³-hybridized carbons (Fsp3) is 0.238. The molecule has 0 atom stereocenters. The summed E-state index contributed by atoms with van der Waals surface area (Å²) in [5.41, 5.74) is 9.95. The molecule has 4 rings (SSSR count). The third kappa shape index (κ3) is 3.85. The van der Waals surface area contributed by atoms with E-state index in [2.05, 4.69) is 15.3 Å². The molecule has 4 N–H and O–H groups in total. The van der Waals surface area contributed by atoms with E-state index in [1.165, 1.54) is 0 Å². The first-order chi connectivity index (χ1) is 13.2. The van der Waals surface area contributed by atoms with Crippen molar-refractivity contribution in [3.05, 3.63) is 60.6 Å². The summed E-state index contributed by atoms with van der Waals surface area (Å²) in [7, 11) is 0. The fourth-order valence-electron chi connectivity index (χ4n) is 3.36. The van der Waals surface area contributed by atoms with E-state index in [0.29, 0.717) is 11.6 Å². The van der Waals surface area contributed by atoms with Gasteiger partial charge in [0.25, 0.3) is 5.91 Å². The van der Waals surface area contributed by atoms with Crippen molar-refractivity contribution >= 4 is 22.6 Å². The average Bonchev–Trinajstić information content (AvgIpc) is 3.18. The number of H-pyrrole nitrogens is 1. The molecule has 1 saturated heterocycles. The van der Waals surface area contributed by atoms with Crippen LogP contribution in [0.5, 0.6) is 0 Å². The topological polar surface area (TPSA) is 93.0 Å². The normalized spacial score (nSPS) is 15.8. The molecule has 3 heterocycles. The molecule has 0 unspecified atom stereocenters. The van der Waals surface area contributed by atoms with Crippen LogP contribution in [0, 0.1) is 5.92 Å². The second-order valence-corrected chi connectivity index (χ2v) is 6.70. The highest BCUT2D eigenvalue weighted by atomic mass is 16.5.